The summed E-state index contributed by atoms with van der Waals surface area (Å²) in [6, 6.07) is 9.67. The summed E-state index contributed by atoms with van der Waals surface area (Å²) in [5, 5.41) is 19.2. The summed E-state index contributed by atoms with van der Waals surface area (Å²) in [5.41, 5.74) is 2.38. The highest BCUT2D eigenvalue weighted by Crippen LogP contribution is 2.18. The summed E-state index contributed by atoms with van der Waals surface area (Å²) in [6.07, 6.45) is 5.55. The first-order valence-corrected chi connectivity index (χ1v) is 8.43. The van der Waals surface area contributed by atoms with E-state index < -0.39 is 0 Å². The van der Waals surface area contributed by atoms with Crippen molar-refractivity contribution in [3.05, 3.63) is 47.8 Å². The molecule has 7 heteroatoms. The summed E-state index contributed by atoms with van der Waals surface area (Å²) in [4.78, 5) is 14.3. The lowest BCUT2D eigenvalue weighted by Crippen LogP contribution is -2.43. The van der Waals surface area contributed by atoms with Crippen LogP contribution in [0.2, 0.25) is 0 Å². The molecule has 1 aliphatic heterocycles. The number of nitrogens with one attached hydrogen (secondary N) is 2. The number of amides is 2. The van der Waals surface area contributed by atoms with Gasteiger partial charge in [-0.2, -0.15) is 10.4 Å². The standard InChI is InChI=1S/C18H22N6O/c1-20-11-17-3-2-8-24(17)18(25)22-16-10-21-23(13-16)12-15-6-4-14(9-19)5-7-15/h4-7,10,13,17,20H,2-3,8,11-12H2,1H3,(H,22,25). The number of hydrogen-bond donors (Lipinski definition) is 2. The van der Waals surface area contributed by atoms with Crippen LogP contribution in [0.5, 0.6) is 0 Å². The Morgan fingerprint density at radius 1 is 1.40 bits per heavy atom. The van der Waals surface area contributed by atoms with Crippen LogP contribution >= 0.6 is 0 Å². The molecule has 2 heterocycles. The van der Waals surface area contributed by atoms with Crippen molar-refractivity contribution in [1.29, 1.82) is 5.26 Å². The number of likely N-dealkylation sites (N-methyl/N-ethyl adjacent to an activating group) is 1. The third-order valence-electron chi connectivity index (χ3n) is 4.39. The molecule has 1 atom stereocenters. The van der Waals surface area contributed by atoms with Gasteiger partial charge in [-0.1, -0.05) is 12.1 Å². The van der Waals surface area contributed by atoms with Crippen LogP contribution in [0.1, 0.15) is 24.0 Å². The summed E-state index contributed by atoms with van der Waals surface area (Å²) < 4.78 is 1.77. The number of nitriles is 1. The van der Waals surface area contributed by atoms with Gasteiger partial charge < -0.3 is 15.5 Å². The van der Waals surface area contributed by atoms with E-state index >= 15 is 0 Å². The largest absolute Gasteiger partial charge is 0.322 e. The normalized spacial score (nSPS) is 16.6. The van der Waals surface area contributed by atoms with E-state index in [4.69, 9.17) is 5.26 Å². The maximum atomic E-state index is 12.5. The van der Waals surface area contributed by atoms with Crippen LogP contribution in [-0.2, 0) is 6.54 Å². The summed E-state index contributed by atoms with van der Waals surface area (Å²) in [5.74, 6) is 0. The monoisotopic (exact) mass is 338 g/mol. The van der Waals surface area contributed by atoms with E-state index in [0.717, 1.165) is 31.5 Å². The molecule has 7 nitrogen and oxygen atoms in total. The highest BCUT2D eigenvalue weighted by atomic mass is 16.2. The molecule has 1 unspecified atom stereocenters. The number of carbonyl (C=O) groups excluding carboxylic acids is 1. The quantitative estimate of drug-likeness (QED) is 0.873. The minimum Gasteiger partial charge on any atom is -0.320 e. The highest BCUT2D eigenvalue weighted by Gasteiger charge is 2.28. The second-order valence-corrected chi connectivity index (χ2v) is 6.21. The fraction of sp³-hybridized carbons (Fsp3) is 0.389. The number of nitrogens with zero attached hydrogens (tertiary/aromatic N) is 4. The zero-order chi connectivity index (χ0) is 17.6. The van der Waals surface area contributed by atoms with Gasteiger partial charge in [-0.25, -0.2) is 4.79 Å². The smallest absolute Gasteiger partial charge is 0.320 e. The minimum absolute atomic E-state index is 0.0735. The molecule has 2 aromatic rings. The lowest BCUT2D eigenvalue weighted by molar-refractivity contribution is 0.206. The van der Waals surface area contributed by atoms with Crippen molar-refractivity contribution in [2.45, 2.75) is 25.4 Å². The Morgan fingerprint density at radius 2 is 2.20 bits per heavy atom. The van der Waals surface area contributed by atoms with Gasteiger partial charge in [-0.15, -0.1) is 0 Å². The van der Waals surface area contributed by atoms with Crippen LogP contribution in [0.4, 0.5) is 10.5 Å². The minimum atomic E-state index is -0.0735. The van der Waals surface area contributed by atoms with Gasteiger partial charge in [-0.05, 0) is 37.6 Å². The number of likely N-dealkylation sites (tertiary alicyclic amines) is 1. The van der Waals surface area contributed by atoms with Gasteiger partial charge in [-0.3, -0.25) is 4.68 Å². The molecule has 25 heavy (non-hydrogen) atoms. The third-order valence-corrected chi connectivity index (χ3v) is 4.39. The zero-order valence-electron chi connectivity index (χ0n) is 14.3. The van der Waals surface area contributed by atoms with E-state index in [-0.39, 0.29) is 12.1 Å². The summed E-state index contributed by atoms with van der Waals surface area (Å²) in [7, 11) is 1.90. The van der Waals surface area contributed by atoms with Crippen molar-refractivity contribution >= 4 is 11.7 Å². The molecule has 1 fully saturated rings. The van der Waals surface area contributed by atoms with Gasteiger partial charge in [0.1, 0.15) is 0 Å². The lowest BCUT2D eigenvalue weighted by Gasteiger charge is -2.24. The van der Waals surface area contributed by atoms with Crippen LogP contribution in [0, 0.1) is 11.3 Å². The predicted octanol–water partition coefficient (Wildman–Crippen LogP) is 2.02. The zero-order valence-corrected chi connectivity index (χ0v) is 14.3. The second kappa shape index (κ2) is 7.81. The summed E-state index contributed by atoms with van der Waals surface area (Å²) in [6.45, 7) is 2.19. The molecule has 1 aliphatic rings. The van der Waals surface area contributed by atoms with E-state index in [2.05, 4.69) is 21.8 Å². The Bertz CT molecular complexity index is 761. The van der Waals surface area contributed by atoms with Gasteiger partial charge in [0.2, 0.25) is 0 Å². The number of carbonyl (C=O) groups is 1. The fourth-order valence-electron chi connectivity index (χ4n) is 3.13. The Labute approximate surface area is 147 Å². The maximum Gasteiger partial charge on any atom is 0.322 e. The number of aromatic nitrogens is 2. The van der Waals surface area contributed by atoms with Gasteiger partial charge in [0.05, 0.1) is 30.1 Å². The van der Waals surface area contributed by atoms with Crippen molar-refractivity contribution in [2.24, 2.45) is 0 Å². The van der Waals surface area contributed by atoms with Gasteiger partial charge in [0.15, 0.2) is 0 Å². The molecule has 2 N–H and O–H groups in total. The van der Waals surface area contributed by atoms with Crippen LogP contribution < -0.4 is 10.6 Å². The van der Waals surface area contributed by atoms with E-state index in [0.29, 0.717) is 17.8 Å². The summed E-state index contributed by atoms with van der Waals surface area (Å²) >= 11 is 0. The van der Waals surface area contributed by atoms with Crippen molar-refractivity contribution in [1.82, 2.24) is 20.0 Å². The first-order valence-electron chi connectivity index (χ1n) is 8.43. The SMILES string of the molecule is CNCC1CCCN1C(=O)Nc1cnn(Cc2ccc(C#N)cc2)c1. The molecule has 3 rings (SSSR count). The molecule has 1 saturated heterocycles. The second-order valence-electron chi connectivity index (χ2n) is 6.21. The first-order chi connectivity index (χ1) is 12.2. The number of urea groups is 1. The molecular formula is C18H22N6O. The average molecular weight is 338 g/mol. The Hall–Kier alpha value is -2.85. The van der Waals surface area contributed by atoms with Gasteiger partial charge >= 0.3 is 6.03 Å². The first kappa shape index (κ1) is 17.0. The van der Waals surface area contributed by atoms with Crippen molar-refractivity contribution in [2.75, 3.05) is 25.5 Å². The number of anilines is 1. The molecule has 1 aromatic carbocycles. The molecule has 0 saturated carbocycles. The predicted molar refractivity (Wildman–Crippen MR) is 95.2 cm³/mol. The van der Waals surface area contributed by atoms with Crippen LogP contribution in [0.15, 0.2) is 36.7 Å². The van der Waals surface area contributed by atoms with E-state index in [1.807, 2.05) is 30.3 Å². The lowest BCUT2D eigenvalue weighted by atomic mass is 10.1. The Morgan fingerprint density at radius 3 is 2.92 bits per heavy atom. The van der Waals surface area contributed by atoms with Crippen molar-refractivity contribution in [3.8, 4) is 6.07 Å². The fourth-order valence-corrected chi connectivity index (χ4v) is 3.13. The number of rotatable bonds is 5. The van der Waals surface area contributed by atoms with E-state index in [1.54, 1.807) is 23.0 Å². The molecule has 0 bridgehead atoms. The van der Waals surface area contributed by atoms with Gasteiger partial charge in [0.25, 0.3) is 0 Å². The number of benzene rings is 1. The number of hydrogen-bond acceptors (Lipinski definition) is 4. The average Bonchev–Trinajstić information content (AvgIpc) is 3.25. The van der Waals surface area contributed by atoms with E-state index in [1.165, 1.54) is 0 Å². The van der Waals surface area contributed by atoms with Crippen LogP contribution in [0.25, 0.3) is 0 Å². The molecule has 0 aliphatic carbocycles. The third kappa shape index (κ3) is 4.17. The van der Waals surface area contributed by atoms with Crippen LogP contribution in [0.3, 0.4) is 0 Å². The molecule has 2 amide bonds. The molecule has 1 aromatic heterocycles. The Kier molecular flexibility index (Phi) is 5.31. The van der Waals surface area contributed by atoms with Crippen LogP contribution in [-0.4, -0.2) is 46.9 Å². The molecule has 130 valence electrons. The highest BCUT2D eigenvalue weighted by molar-refractivity contribution is 5.89. The van der Waals surface area contributed by atoms with E-state index in [9.17, 15) is 4.79 Å². The molecular weight excluding hydrogens is 316 g/mol. The molecule has 0 spiro atoms. The Balaban J connectivity index is 1.59. The maximum absolute atomic E-state index is 12.5. The molecule has 0 radical (unpaired) electrons. The van der Waals surface area contributed by atoms with Crippen molar-refractivity contribution < 1.29 is 4.79 Å². The van der Waals surface area contributed by atoms with Gasteiger partial charge in [0, 0.05) is 25.3 Å². The van der Waals surface area contributed by atoms with Crippen molar-refractivity contribution in [3.63, 3.8) is 0 Å². The topological polar surface area (TPSA) is 86.0 Å².